The first-order valence-electron chi connectivity index (χ1n) is 7.01. The van der Waals surface area contributed by atoms with Gasteiger partial charge in [-0.25, -0.2) is 4.98 Å². The van der Waals surface area contributed by atoms with Crippen molar-refractivity contribution in [1.29, 1.82) is 0 Å². The molecule has 0 saturated carbocycles. The van der Waals surface area contributed by atoms with Crippen LogP contribution >= 0.6 is 11.3 Å². The Kier molecular flexibility index (Phi) is 5.66. The number of hydrogen-bond donors (Lipinski definition) is 2. The summed E-state index contributed by atoms with van der Waals surface area (Å²) in [5, 5.41) is 14.2. The van der Waals surface area contributed by atoms with E-state index in [9.17, 15) is 9.59 Å². The van der Waals surface area contributed by atoms with Crippen molar-refractivity contribution in [2.24, 2.45) is 5.92 Å². The summed E-state index contributed by atoms with van der Waals surface area (Å²) in [6, 6.07) is 10.0. The topological polar surface area (TPSA) is 79.3 Å². The molecule has 116 valence electrons. The number of benzene rings is 1. The third kappa shape index (κ3) is 4.96. The number of hydrogen-bond acceptors (Lipinski definition) is 4. The number of thiazole rings is 1. The van der Waals surface area contributed by atoms with E-state index in [1.807, 2.05) is 35.7 Å². The van der Waals surface area contributed by atoms with Gasteiger partial charge in [-0.3, -0.25) is 9.59 Å². The Morgan fingerprint density at radius 3 is 2.73 bits per heavy atom. The van der Waals surface area contributed by atoms with E-state index in [0.717, 1.165) is 17.1 Å². The molecule has 0 radical (unpaired) electrons. The maximum Gasteiger partial charge on any atom is 0.308 e. The van der Waals surface area contributed by atoms with Gasteiger partial charge in [-0.15, -0.1) is 11.3 Å². The summed E-state index contributed by atoms with van der Waals surface area (Å²) in [5.74, 6) is -1.71. The number of rotatable bonds is 7. The molecule has 1 aromatic carbocycles. The van der Waals surface area contributed by atoms with Crippen LogP contribution in [0.3, 0.4) is 0 Å². The Labute approximate surface area is 133 Å². The predicted octanol–water partition coefficient (Wildman–Crippen LogP) is 2.11. The first kappa shape index (κ1) is 16.2. The third-order valence-corrected chi connectivity index (χ3v) is 4.06. The van der Waals surface area contributed by atoms with Crippen molar-refractivity contribution in [3.63, 3.8) is 0 Å². The molecule has 2 rings (SSSR count). The Morgan fingerprint density at radius 1 is 1.32 bits per heavy atom. The van der Waals surface area contributed by atoms with Gasteiger partial charge in [0.25, 0.3) is 0 Å². The Hall–Kier alpha value is -2.21. The fourth-order valence-corrected chi connectivity index (χ4v) is 2.69. The van der Waals surface area contributed by atoms with Crippen LogP contribution in [0.1, 0.15) is 23.2 Å². The van der Waals surface area contributed by atoms with Crippen LogP contribution in [0, 0.1) is 5.92 Å². The Balaban J connectivity index is 1.84. The van der Waals surface area contributed by atoms with Gasteiger partial charge in [-0.2, -0.15) is 0 Å². The summed E-state index contributed by atoms with van der Waals surface area (Å²) in [7, 11) is 0. The van der Waals surface area contributed by atoms with Crippen LogP contribution in [0.25, 0.3) is 0 Å². The van der Waals surface area contributed by atoms with Crippen molar-refractivity contribution in [3.8, 4) is 0 Å². The van der Waals surface area contributed by atoms with E-state index in [0.29, 0.717) is 0 Å². The summed E-state index contributed by atoms with van der Waals surface area (Å²) in [6.45, 7) is 1.69. The van der Waals surface area contributed by atoms with Gasteiger partial charge in [0.2, 0.25) is 5.91 Å². The van der Waals surface area contributed by atoms with Gasteiger partial charge in [-0.05, 0) is 5.56 Å². The molecule has 6 heteroatoms. The molecule has 2 aromatic rings. The number of aromatic nitrogens is 1. The van der Waals surface area contributed by atoms with Gasteiger partial charge in [0, 0.05) is 18.3 Å². The van der Waals surface area contributed by atoms with E-state index in [1.165, 1.54) is 16.9 Å². The molecule has 5 nitrogen and oxygen atoms in total. The molecule has 1 heterocycles. The lowest BCUT2D eigenvalue weighted by atomic mass is 10.2. The number of carbonyl (C=O) groups excluding carboxylic acids is 1. The van der Waals surface area contributed by atoms with E-state index in [2.05, 4.69) is 10.3 Å². The highest BCUT2D eigenvalue weighted by molar-refractivity contribution is 7.09. The SMILES string of the molecule is CC(CNC(=O)Cc1csc(Cc2ccccc2)n1)C(=O)O. The van der Waals surface area contributed by atoms with Crippen molar-refractivity contribution in [2.45, 2.75) is 19.8 Å². The highest BCUT2D eigenvalue weighted by atomic mass is 32.1. The number of amides is 1. The highest BCUT2D eigenvalue weighted by Gasteiger charge is 2.13. The highest BCUT2D eigenvalue weighted by Crippen LogP contribution is 2.15. The second-order valence-corrected chi connectivity index (χ2v) is 6.06. The standard InChI is InChI=1S/C16H18N2O3S/c1-11(16(20)21)9-17-14(19)8-13-10-22-15(18-13)7-12-5-3-2-4-6-12/h2-6,10-11H,7-9H2,1H3,(H,17,19)(H,20,21). The van der Waals surface area contributed by atoms with Gasteiger partial charge in [0.15, 0.2) is 0 Å². The van der Waals surface area contributed by atoms with Crippen molar-refractivity contribution in [2.75, 3.05) is 6.54 Å². The van der Waals surface area contributed by atoms with E-state index in [4.69, 9.17) is 5.11 Å². The molecule has 0 bridgehead atoms. The average molecular weight is 318 g/mol. The Morgan fingerprint density at radius 2 is 2.05 bits per heavy atom. The number of carbonyl (C=O) groups is 2. The van der Waals surface area contributed by atoms with Crippen molar-refractivity contribution in [1.82, 2.24) is 10.3 Å². The van der Waals surface area contributed by atoms with Crippen LogP contribution in [0.2, 0.25) is 0 Å². The number of nitrogens with zero attached hydrogens (tertiary/aromatic N) is 1. The van der Waals surface area contributed by atoms with E-state index < -0.39 is 11.9 Å². The molecule has 0 aliphatic heterocycles. The van der Waals surface area contributed by atoms with Gasteiger partial charge < -0.3 is 10.4 Å². The van der Waals surface area contributed by atoms with Gasteiger partial charge in [0.1, 0.15) is 0 Å². The normalized spacial score (nSPS) is 11.9. The Bertz CT molecular complexity index is 640. The lowest BCUT2D eigenvalue weighted by Crippen LogP contribution is -2.32. The molecule has 0 saturated heterocycles. The lowest BCUT2D eigenvalue weighted by Gasteiger charge is -2.07. The summed E-state index contributed by atoms with van der Waals surface area (Å²) in [5.41, 5.74) is 1.90. The van der Waals surface area contributed by atoms with Crippen molar-refractivity contribution in [3.05, 3.63) is 52.0 Å². The number of carboxylic acid groups (broad SMARTS) is 1. The minimum absolute atomic E-state index is 0.134. The smallest absolute Gasteiger partial charge is 0.308 e. The maximum absolute atomic E-state index is 11.8. The zero-order valence-electron chi connectivity index (χ0n) is 12.3. The second kappa shape index (κ2) is 7.70. The van der Waals surface area contributed by atoms with Crippen LogP contribution in [-0.2, 0) is 22.4 Å². The monoisotopic (exact) mass is 318 g/mol. The van der Waals surface area contributed by atoms with E-state index in [-0.39, 0.29) is 18.9 Å². The van der Waals surface area contributed by atoms with Crippen LogP contribution in [0.4, 0.5) is 0 Å². The minimum Gasteiger partial charge on any atom is -0.481 e. The first-order valence-corrected chi connectivity index (χ1v) is 7.89. The third-order valence-electron chi connectivity index (χ3n) is 3.17. The van der Waals surface area contributed by atoms with Crippen LogP contribution in [0.15, 0.2) is 35.7 Å². The van der Waals surface area contributed by atoms with Gasteiger partial charge in [-0.1, -0.05) is 37.3 Å². The molecule has 2 N–H and O–H groups in total. The molecular weight excluding hydrogens is 300 g/mol. The summed E-state index contributed by atoms with van der Waals surface area (Å²) in [6.07, 6.45) is 0.931. The number of aliphatic carboxylic acids is 1. The predicted molar refractivity (Wildman–Crippen MR) is 84.9 cm³/mol. The fourth-order valence-electron chi connectivity index (χ4n) is 1.86. The van der Waals surface area contributed by atoms with Crippen LogP contribution in [-0.4, -0.2) is 28.5 Å². The van der Waals surface area contributed by atoms with Crippen molar-refractivity contribution < 1.29 is 14.7 Å². The van der Waals surface area contributed by atoms with E-state index in [1.54, 1.807) is 6.92 Å². The van der Waals surface area contributed by atoms with Gasteiger partial charge >= 0.3 is 5.97 Å². The molecule has 1 atom stereocenters. The minimum atomic E-state index is -0.917. The molecule has 1 unspecified atom stereocenters. The molecule has 22 heavy (non-hydrogen) atoms. The summed E-state index contributed by atoms with van der Waals surface area (Å²) in [4.78, 5) is 26.9. The second-order valence-electron chi connectivity index (χ2n) is 5.12. The zero-order chi connectivity index (χ0) is 15.9. The number of nitrogens with one attached hydrogen (secondary N) is 1. The largest absolute Gasteiger partial charge is 0.481 e. The fraction of sp³-hybridized carbons (Fsp3) is 0.312. The zero-order valence-corrected chi connectivity index (χ0v) is 13.1. The van der Waals surface area contributed by atoms with Gasteiger partial charge in [0.05, 0.1) is 23.0 Å². The average Bonchev–Trinajstić information content (AvgIpc) is 2.92. The first-order chi connectivity index (χ1) is 10.5. The van der Waals surface area contributed by atoms with E-state index >= 15 is 0 Å². The molecule has 0 spiro atoms. The molecule has 0 aliphatic carbocycles. The molecule has 0 fully saturated rings. The lowest BCUT2D eigenvalue weighted by molar-refractivity contribution is -0.141. The molecule has 1 amide bonds. The van der Waals surface area contributed by atoms with Crippen LogP contribution < -0.4 is 5.32 Å². The molecular formula is C16H18N2O3S. The maximum atomic E-state index is 11.8. The molecule has 0 aliphatic rings. The summed E-state index contributed by atoms with van der Waals surface area (Å²) < 4.78 is 0. The molecule has 1 aromatic heterocycles. The van der Waals surface area contributed by atoms with Crippen LogP contribution in [0.5, 0.6) is 0 Å². The summed E-state index contributed by atoms with van der Waals surface area (Å²) >= 11 is 1.53. The van der Waals surface area contributed by atoms with Crippen molar-refractivity contribution >= 4 is 23.2 Å². The quantitative estimate of drug-likeness (QED) is 0.819. The number of carboxylic acids is 1.